The Kier molecular flexibility index (Phi) is 6.09. The third kappa shape index (κ3) is 4.27. The maximum atomic E-state index is 3.58. The van der Waals surface area contributed by atoms with Crippen LogP contribution in [0.25, 0.3) is 49.2 Å². The first kappa shape index (κ1) is 24.7. The normalized spacial score (nSPS) is 12.3. The van der Waals surface area contributed by atoms with Crippen molar-refractivity contribution in [2.24, 2.45) is 0 Å². The summed E-state index contributed by atoms with van der Waals surface area (Å²) < 4.78 is 1.29. The summed E-state index contributed by atoms with van der Waals surface area (Å²) in [6.45, 7) is 0.870. The van der Waals surface area contributed by atoms with E-state index in [1.165, 1.54) is 59.4 Å². The van der Waals surface area contributed by atoms with Gasteiger partial charge in [-0.05, 0) is 69.4 Å². The minimum Gasteiger partial charge on any atom is -0.373 e. The van der Waals surface area contributed by atoms with Crippen molar-refractivity contribution in [3.63, 3.8) is 0 Å². The molecule has 0 amide bonds. The van der Waals surface area contributed by atoms with Gasteiger partial charge in [-0.15, -0.1) is 11.3 Å². The highest BCUT2D eigenvalue weighted by Gasteiger charge is 2.21. The Bertz CT molecular complexity index is 2070. The lowest BCUT2D eigenvalue weighted by atomic mass is 9.98. The van der Waals surface area contributed by atoms with E-state index in [0.717, 1.165) is 17.9 Å². The molecule has 42 heavy (non-hydrogen) atoms. The smallest absolute Gasteiger partial charge is 0.0971 e. The van der Waals surface area contributed by atoms with E-state index in [1.807, 2.05) is 11.3 Å². The lowest BCUT2D eigenvalue weighted by Gasteiger charge is -2.27. The second kappa shape index (κ2) is 10.4. The standard InChI is InChI=1S/C39H28N2S/c1-2-9-27(10-3-1)28-18-22-31(23-19-28)41(36-16-7-17-37-38(36)35-15-8-26-40-39(35)42-37)32-24-20-30(21-25-32)34-14-6-12-29-11-4-5-13-33(29)34/h1-25,40H,26H2. The number of fused-ring (bicyclic) bond motifs is 4. The Balaban J connectivity index is 1.28. The second-order valence-corrected chi connectivity index (χ2v) is 11.7. The Hall–Kier alpha value is -5.12. The van der Waals surface area contributed by atoms with E-state index in [0.29, 0.717) is 0 Å². The Morgan fingerprint density at radius 1 is 0.571 bits per heavy atom. The van der Waals surface area contributed by atoms with Crippen molar-refractivity contribution < 1.29 is 0 Å². The topological polar surface area (TPSA) is 15.3 Å². The van der Waals surface area contributed by atoms with Crippen molar-refractivity contribution in [3.8, 4) is 22.3 Å². The van der Waals surface area contributed by atoms with Crippen LogP contribution in [0.2, 0.25) is 0 Å². The Labute approximate surface area is 249 Å². The summed E-state index contributed by atoms with van der Waals surface area (Å²) >= 11 is 1.83. The zero-order valence-corrected chi connectivity index (χ0v) is 23.8. The van der Waals surface area contributed by atoms with E-state index in [4.69, 9.17) is 0 Å². The molecule has 1 aliphatic heterocycles. The van der Waals surface area contributed by atoms with Crippen LogP contribution in [0, 0.1) is 0 Å². The van der Waals surface area contributed by atoms with Crippen molar-refractivity contribution >= 4 is 60.3 Å². The van der Waals surface area contributed by atoms with Gasteiger partial charge < -0.3 is 10.2 Å². The third-order valence-corrected chi connectivity index (χ3v) is 9.22. The van der Waals surface area contributed by atoms with Gasteiger partial charge in [-0.1, -0.05) is 115 Å². The fourth-order valence-electron chi connectivity index (χ4n) is 6.09. The lowest BCUT2D eigenvalue weighted by Crippen LogP contribution is -2.10. The average Bonchev–Trinajstić information content (AvgIpc) is 3.45. The first-order valence-electron chi connectivity index (χ1n) is 14.3. The number of anilines is 4. The molecular weight excluding hydrogens is 529 g/mol. The largest absolute Gasteiger partial charge is 0.373 e. The van der Waals surface area contributed by atoms with E-state index in [9.17, 15) is 0 Å². The third-order valence-electron chi connectivity index (χ3n) is 8.09. The molecule has 0 unspecified atom stereocenters. The van der Waals surface area contributed by atoms with Crippen molar-refractivity contribution in [3.05, 3.63) is 151 Å². The summed E-state index contributed by atoms with van der Waals surface area (Å²) in [4.78, 5) is 2.40. The van der Waals surface area contributed by atoms with Gasteiger partial charge in [0.1, 0.15) is 0 Å². The van der Waals surface area contributed by atoms with Crippen molar-refractivity contribution in [1.29, 1.82) is 0 Å². The zero-order valence-electron chi connectivity index (χ0n) is 23.0. The number of thiophene rings is 1. The zero-order chi connectivity index (χ0) is 27.9. The lowest BCUT2D eigenvalue weighted by molar-refractivity contribution is 1.30. The van der Waals surface area contributed by atoms with E-state index in [2.05, 4.69) is 162 Å². The van der Waals surface area contributed by atoms with Crippen LogP contribution >= 0.6 is 11.3 Å². The van der Waals surface area contributed by atoms with Gasteiger partial charge in [0.15, 0.2) is 0 Å². The second-order valence-electron chi connectivity index (χ2n) is 10.6. The van der Waals surface area contributed by atoms with Crippen LogP contribution in [-0.2, 0) is 0 Å². The molecule has 1 N–H and O–H groups in total. The summed E-state index contributed by atoms with van der Waals surface area (Å²) in [5.41, 5.74) is 9.62. The summed E-state index contributed by atoms with van der Waals surface area (Å²) in [5, 5.41) is 8.63. The maximum Gasteiger partial charge on any atom is 0.0971 e. The molecule has 0 saturated carbocycles. The molecule has 2 nitrogen and oxygen atoms in total. The molecule has 0 bridgehead atoms. The summed E-state index contributed by atoms with van der Waals surface area (Å²) in [6, 6.07) is 50.4. The average molecular weight is 557 g/mol. The first-order valence-corrected chi connectivity index (χ1v) is 15.1. The molecule has 0 fully saturated rings. The van der Waals surface area contributed by atoms with E-state index < -0.39 is 0 Å². The summed E-state index contributed by atoms with van der Waals surface area (Å²) in [7, 11) is 0. The molecule has 8 rings (SSSR count). The molecule has 7 aromatic rings. The fraction of sp³-hybridized carbons (Fsp3) is 0.0256. The van der Waals surface area contributed by atoms with Crippen molar-refractivity contribution in [1.82, 2.24) is 0 Å². The van der Waals surface area contributed by atoms with Gasteiger partial charge >= 0.3 is 0 Å². The highest BCUT2D eigenvalue weighted by atomic mass is 32.1. The number of nitrogens with zero attached hydrogens (tertiary/aromatic N) is 1. The quantitative estimate of drug-likeness (QED) is 0.227. The minimum atomic E-state index is 0.870. The Morgan fingerprint density at radius 3 is 2.05 bits per heavy atom. The van der Waals surface area contributed by atoms with E-state index >= 15 is 0 Å². The molecular formula is C39H28N2S. The predicted molar refractivity (Wildman–Crippen MR) is 182 cm³/mol. The van der Waals surface area contributed by atoms with Crippen LogP contribution in [-0.4, -0.2) is 6.54 Å². The summed E-state index contributed by atoms with van der Waals surface area (Å²) in [5.74, 6) is 0. The number of hydrogen-bond acceptors (Lipinski definition) is 3. The summed E-state index contributed by atoms with van der Waals surface area (Å²) in [6.07, 6.45) is 4.48. The molecule has 0 aliphatic carbocycles. The highest BCUT2D eigenvalue weighted by Crippen LogP contribution is 2.47. The van der Waals surface area contributed by atoms with Gasteiger partial charge in [-0.2, -0.15) is 0 Å². The van der Waals surface area contributed by atoms with E-state index in [-0.39, 0.29) is 0 Å². The molecule has 0 spiro atoms. The van der Waals surface area contributed by atoms with Crippen LogP contribution < -0.4 is 10.2 Å². The van der Waals surface area contributed by atoms with Crippen LogP contribution in [0.15, 0.2) is 146 Å². The van der Waals surface area contributed by atoms with Gasteiger partial charge in [0.25, 0.3) is 0 Å². The molecule has 0 saturated heterocycles. The molecule has 0 atom stereocenters. The molecule has 6 aromatic carbocycles. The first-order chi connectivity index (χ1) is 20.8. The Morgan fingerprint density at radius 2 is 1.24 bits per heavy atom. The SMILES string of the molecule is C1=Cc2c(sc3cccc(N(c4ccc(-c5ccccc5)cc4)c4ccc(-c5cccc6ccccc56)cc4)c23)NC1. The van der Waals surface area contributed by atoms with Gasteiger partial charge in [0, 0.05) is 33.6 Å². The number of benzene rings is 6. The van der Waals surface area contributed by atoms with Crippen LogP contribution in [0.4, 0.5) is 22.1 Å². The van der Waals surface area contributed by atoms with Gasteiger partial charge in [-0.3, -0.25) is 0 Å². The monoisotopic (exact) mass is 556 g/mol. The van der Waals surface area contributed by atoms with Crippen molar-refractivity contribution in [2.75, 3.05) is 16.8 Å². The molecule has 1 aromatic heterocycles. The van der Waals surface area contributed by atoms with Gasteiger partial charge in [0.2, 0.25) is 0 Å². The maximum absolute atomic E-state index is 3.58. The minimum absolute atomic E-state index is 0.870. The van der Waals surface area contributed by atoms with Crippen LogP contribution in [0.1, 0.15) is 5.56 Å². The molecule has 200 valence electrons. The molecule has 3 heteroatoms. The molecule has 0 radical (unpaired) electrons. The van der Waals surface area contributed by atoms with Crippen LogP contribution in [0.5, 0.6) is 0 Å². The predicted octanol–water partition coefficient (Wildman–Crippen LogP) is 11.3. The fourth-order valence-corrected chi connectivity index (χ4v) is 7.21. The van der Waals surface area contributed by atoms with Crippen molar-refractivity contribution in [2.45, 2.75) is 0 Å². The number of hydrogen-bond donors (Lipinski definition) is 1. The number of nitrogens with one attached hydrogen (secondary N) is 1. The molecule has 2 heterocycles. The van der Waals surface area contributed by atoms with Gasteiger partial charge in [-0.25, -0.2) is 0 Å². The van der Waals surface area contributed by atoms with Crippen LogP contribution in [0.3, 0.4) is 0 Å². The number of rotatable bonds is 5. The molecule has 1 aliphatic rings. The highest BCUT2D eigenvalue weighted by molar-refractivity contribution is 7.23. The van der Waals surface area contributed by atoms with E-state index in [1.54, 1.807) is 0 Å². The van der Waals surface area contributed by atoms with Gasteiger partial charge in [0.05, 0.1) is 10.7 Å².